The third kappa shape index (κ3) is 3.16. The van der Waals surface area contributed by atoms with E-state index >= 15 is 0 Å². The Bertz CT molecular complexity index is 941. The van der Waals surface area contributed by atoms with Crippen molar-refractivity contribution in [1.82, 2.24) is 4.98 Å². The van der Waals surface area contributed by atoms with Crippen LogP contribution in [0.25, 0.3) is 10.9 Å². The van der Waals surface area contributed by atoms with Crippen molar-refractivity contribution >= 4 is 28.2 Å². The van der Waals surface area contributed by atoms with E-state index < -0.39 is 4.92 Å². The van der Waals surface area contributed by atoms with Gasteiger partial charge in [0.15, 0.2) is 0 Å². The molecule has 0 radical (unpaired) electrons. The fourth-order valence-corrected chi connectivity index (χ4v) is 2.79. The maximum Gasteiger partial charge on any atom is 0.271 e. The SMILES string of the molecule is CCc1cc([N+](=O)[O-])cc(Cl)c1Oc1ccc2ncc(C)cc2c1. The number of nitro benzene ring substituents is 1. The molecule has 0 fully saturated rings. The van der Waals surface area contributed by atoms with Crippen LogP contribution in [0.15, 0.2) is 42.6 Å². The minimum Gasteiger partial charge on any atom is -0.455 e. The van der Waals surface area contributed by atoms with Crippen molar-refractivity contribution in [3.05, 3.63) is 68.9 Å². The fourth-order valence-electron chi connectivity index (χ4n) is 2.52. The first-order chi connectivity index (χ1) is 11.5. The van der Waals surface area contributed by atoms with E-state index in [2.05, 4.69) is 4.98 Å². The number of nitro groups is 1. The van der Waals surface area contributed by atoms with Crippen molar-refractivity contribution in [2.24, 2.45) is 0 Å². The normalized spacial score (nSPS) is 10.8. The zero-order valence-electron chi connectivity index (χ0n) is 13.2. The number of hydrogen-bond donors (Lipinski definition) is 0. The first-order valence-electron chi connectivity index (χ1n) is 7.49. The highest BCUT2D eigenvalue weighted by Gasteiger charge is 2.16. The van der Waals surface area contributed by atoms with Crippen LogP contribution in [0, 0.1) is 17.0 Å². The monoisotopic (exact) mass is 342 g/mol. The number of rotatable bonds is 4. The number of pyridine rings is 1. The molecule has 5 nitrogen and oxygen atoms in total. The van der Waals surface area contributed by atoms with Gasteiger partial charge in [0.1, 0.15) is 11.5 Å². The van der Waals surface area contributed by atoms with Crippen molar-refractivity contribution < 1.29 is 9.66 Å². The molecule has 3 aromatic rings. The Labute approximate surface area is 144 Å². The lowest BCUT2D eigenvalue weighted by molar-refractivity contribution is -0.384. The molecule has 0 spiro atoms. The number of nitrogens with zero attached hydrogens (tertiary/aromatic N) is 2. The average Bonchev–Trinajstić information content (AvgIpc) is 2.55. The molecule has 122 valence electrons. The smallest absolute Gasteiger partial charge is 0.271 e. The van der Waals surface area contributed by atoms with Crippen LogP contribution in [0.4, 0.5) is 5.69 Å². The molecule has 0 atom stereocenters. The lowest BCUT2D eigenvalue weighted by Gasteiger charge is -2.12. The molecule has 0 aliphatic heterocycles. The van der Waals surface area contributed by atoms with Crippen LogP contribution in [0.1, 0.15) is 18.1 Å². The summed E-state index contributed by atoms with van der Waals surface area (Å²) < 4.78 is 5.93. The van der Waals surface area contributed by atoms with Gasteiger partial charge in [0.25, 0.3) is 5.69 Å². The summed E-state index contributed by atoms with van der Waals surface area (Å²) in [4.78, 5) is 14.9. The largest absolute Gasteiger partial charge is 0.455 e. The molecule has 0 saturated carbocycles. The lowest BCUT2D eigenvalue weighted by atomic mass is 10.1. The van der Waals surface area contributed by atoms with Gasteiger partial charge in [0.2, 0.25) is 0 Å². The van der Waals surface area contributed by atoms with Crippen molar-refractivity contribution in [3.63, 3.8) is 0 Å². The molecule has 0 bridgehead atoms. The number of fused-ring (bicyclic) bond motifs is 1. The fraction of sp³-hybridized carbons (Fsp3) is 0.167. The third-order valence-corrected chi connectivity index (χ3v) is 3.99. The first kappa shape index (κ1) is 16.2. The Kier molecular flexibility index (Phi) is 4.36. The van der Waals surface area contributed by atoms with Crippen molar-refractivity contribution in [1.29, 1.82) is 0 Å². The van der Waals surface area contributed by atoms with Crippen molar-refractivity contribution in [2.75, 3.05) is 0 Å². The van der Waals surface area contributed by atoms with Crippen molar-refractivity contribution in [3.8, 4) is 11.5 Å². The third-order valence-electron chi connectivity index (χ3n) is 3.71. The molecule has 0 aliphatic carbocycles. The molecular weight excluding hydrogens is 328 g/mol. The van der Waals surface area contributed by atoms with Gasteiger partial charge in [-0.15, -0.1) is 0 Å². The summed E-state index contributed by atoms with van der Waals surface area (Å²) in [5.74, 6) is 1.06. The standard InChI is InChI=1S/C18H15ClN2O3/c1-3-12-7-14(21(22)23)9-16(19)18(12)24-15-4-5-17-13(8-15)6-11(2)10-20-17/h4-10H,3H2,1-2H3. The molecule has 0 unspecified atom stereocenters. The van der Waals surface area contributed by atoms with Crippen LogP contribution >= 0.6 is 11.6 Å². The molecule has 0 amide bonds. The summed E-state index contributed by atoms with van der Waals surface area (Å²) in [6.45, 7) is 3.87. The molecule has 0 saturated heterocycles. The van der Waals surface area contributed by atoms with E-state index in [9.17, 15) is 10.1 Å². The van der Waals surface area contributed by atoms with E-state index in [1.54, 1.807) is 0 Å². The topological polar surface area (TPSA) is 65.3 Å². The van der Waals surface area contributed by atoms with Crippen LogP contribution in [0.3, 0.4) is 0 Å². The highest BCUT2D eigenvalue weighted by Crippen LogP contribution is 2.37. The van der Waals surface area contributed by atoms with E-state index in [4.69, 9.17) is 16.3 Å². The minimum atomic E-state index is -0.459. The number of benzene rings is 2. The highest BCUT2D eigenvalue weighted by atomic mass is 35.5. The van der Waals surface area contributed by atoms with Gasteiger partial charge >= 0.3 is 0 Å². The van der Waals surface area contributed by atoms with E-state index in [0.717, 1.165) is 16.5 Å². The molecule has 24 heavy (non-hydrogen) atoms. The second-order valence-electron chi connectivity index (χ2n) is 5.50. The lowest BCUT2D eigenvalue weighted by Crippen LogP contribution is -1.96. The van der Waals surface area contributed by atoms with Gasteiger partial charge in [-0.3, -0.25) is 15.1 Å². The molecule has 3 rings (SSSR count). The molecule has 1 heterocycles. The van der Waals surface area contributed by atoms with Crippen LogP contribution < -0.4 is 4.74 Å². The molecular formula is C18H15ClN2O3. The molecule has 6 heteroatoms. The maximum atomic E-state index is 11.0. The number of hydrogen-bond acceptors (Lipinski definition) is 4. The van der Waals surface area contributed by atoms with E-state index in [-0.39, 0.29) is 10.7 Å². The summed E-state index contributed by atoms with van der Waals surface area (Å²) in [5, 5.41) is 12.2. The average molecular weight is 343 g/mol. The zero-order chi connectivity index (χ0) is 17.3. The Morgan fingerprint density at radius 2 is 2.04 bits per heavy atom. The maximum absolute atomic E-state index is 11.0. The van der Waals surface area contributed by atoms with Crippen LogP contribution in [0.2, 0.25) is 5.02 Å². The summed E-state index contributed by atoms with van der Waals surface area (Å²) in [5.41, 5.74) is 2.58. The number of aryl methyl sites for hydroxylation is 2. The Morgan fingerprint density at radius 1 is 1.25 bits per heavy atom. The number of aromatic nitrogens is 1. The van der Waals surface area contributed by atoms with E-state index in [1.165, 1.54) is 12.1 Å². The zero-order valence-corrected chi connectivity index (χ0v) is 14.0. The van der Waals surface area contributed by atoms with E-state index in [0.29, 0.717) is 23.5 Å². The van der Waals surface area contributed by atoms with Gasteiger partial charge in [-0.05, 0) is 43.2 Å². The van der Waals surface area contributed by atoms with Gasteiger partial charge in [-0.1, -0.05) is 18.5 Å². The predicted molar refractivity (Wildman–Crippen MR) is 94.0 cm³/mol. The van der Waals surface area contributed by atoms with Gasteiger partial charge < -0.3 is 4.74 Å². The summed E-state index contributed by atoms with van der Waals surface area (Å²) in [6.07, 6.45) is 2.39. The molecule has 1 aromatic heterocycles. The molecule has 2 aromatic carbocycles. The minimum absolute atomic E-state index is 0.0393. The summed E-state index contributed by atoms with van der Waals surface area (Å²) in [6, 6.07) is 10.4. The number of halogens is 1. The van der Waals surface area contributed by atoms with Gasteiger partial charge in [-0.2, -0.15) is 0 Å². The van der Waals surface area contributed by atoms with Crippen LogP contribution in [0.5, 0.6) is 11.5 Å². The summed E-state index contributed by atoms with van der Waals surface area (Å²) >= 11 is 6.21. The Morgan fingerprint density at radius 3 is 2.75 bits per heavy atom. The highest BCUT2D eigenvalue weighted by molar-refractivity contribution is 6.32. The summed E-state index contributed by atoms with van der Waals surface area (Å²) in [7, 11) is 0. The Hall–Kier alpha value is -2.66. The predicted octanol–water partition coefficient (Wildman–Crippen LogP) is 5.46. The quantitative estimate of drug-likeness (QED) is 0.466. The molecule has 0 N–H and O–H groups in total. The first-order valence-corrected chi connectivity index (χ1v) is 7.87. The number of non-ortho nitro benzene ring substituents is 1. The van der Waals surface area contributed by atoms with Crippen LogP contribution in [-0.2, 0) is 6.42 Å². The Balaban J connectivity index is 2.03. The van der Waals surface area contributed by atoms with Gasteiger partial charge in [0.05, 0.1) is 15.5 Å². The second-order valence-corrected chi connectivity index (χ2v) is 5.90. The van der Waals surface area contributed by atoms with Gasteiger partial charge in [-0.25, -0.2) is 0 Å². The molecule has 0 aliphatic rings. The van der Waals surface area contributed by atoms with Gasteiger partial charge in [0, 0.05) is 29.3 Å². The second kappa shape index (κ2) is 6.45. The van der Waals surface area contributed by atoms with Crippen LogP contribution in [-0.4, -0.2) is 9.91 Å². The number of ether oxygens (including phenoxy) is 1. The van der Waals surface area contributed by atoms with E-state index in [1.807, 2.05) is 44.3 Å². The van der Waals surface area contributed by atoms with Crippen molar-refractivity contribution in [2.45, 2.75) is 20.3 Å².